The summed E-state index contributed by atoms with van der Waals surface area (Å²) in [4.78, 5) is 22.4. The molecule has 314 valence electrons. The number of ether oxygens (including phenoxy) is 1. The second-order valence-electron chi connectivity index (χ2n) is 16.8. The maximum atomic E-state index is 11.9. The van der Waals surface area contributed by atoms with E-state index in [0.29, 0.717) is 18.6 Å². The first-order valence-electron chi connectivity index (χ1n) is 24.2. The molecule has 0 aromatic heterocycles. The number of hydrogen-bond acceptors (Lipinski definition) is 3. The first-order chi connectivity index (χ1) is 26.7. The average molecular weight is 755 g/mol. The van der Waals surface area contributed by atoms with E-state index in [0.717, 1.165) is 25.7 Å². The highest BCUT2D eigenvalue weighted by atomic mass is 16.5. The van der Waals surface area contributed by atoms with Crippen LogP contribution in [0.2, 0.25) is 0 Å². The van der Waals surface area contributed by atoms with Gasteiger partial charge in [-0.2, -0.15) is 0 Å². The van der Waals surface area contributed by atoms with Gasteiger partial charge in [-0.15, -0.1) is 0 Å². The molecular formula is C50H90O4. The smallest absolute Gasteiger partial charge is 0.311 e. The van der Waals surface area contributed by atoms with Gasteiger partial charge in [-0.1, -0.05) is 262 Å². The second-order valence-corrected chi connectivity index (χ2v) is 16.8. The highest BCUT2D eigenvalue weighted by Gasteiger charge is 2.04. The second kappa shape index (κ2) is 42.3. The summed E-state index contributed by atoms with van der Waals surface area (Å²) in [5.41, 5.74) is 0. The lowest BCUT2D eigenvalue weighted by Crippen LogP contribution is -2.07. The summed E-state index contributed by atoms with van der Waals surface area (Å²) in [6.45, 7) is 0. The van der Waals surface area contributed by atoms with Crippen LogP contribution in [-0.2, 0) is 9.59 Å². The van der Waals surface area contributed by atoms with Crippen LogP contribution in [0.25, 0.3) is 0 Å². The van der Waals surface area contributed by atoms with Crippen LogP contribution in [0.5, 0.6) is 5.75 Å². The zero-order valence-electron chi connectivity index (χ0n) is 35.8. The van der Waals surface area contributed by atoms with Crippen molar-refractivity contribution in [1.82, 2.24) is 0 Å². The van der Waals surface area contributed by atoms with Crippen molar-refractivity contribution in [2.24, 2.45) is 0 Å². The predicted molar refractivity (Wildman–Crippen MR) is 234 cm³/mol. The lowest BCUT2D eigenvalue weighted by atomic mass is 10.0. The van der Waals surface area contributed by atoms with Gasteiger partial charge in [-0.3, -0.25) is 9.59 Å². The number of hydrogen-bond donors (Lipinski definition) is 1. The van der Waals surface area contributed by atoms with E-state index in [2.05, 4.69) is 0 Å². The van der Waals surface area contributed by atoms with Crippen molar-refractivity contribution < 1.29 is 19.4 Å². The molecule has 0 aliphatic heterocycles. The Labute approximate surface area is 336 Å². The van der Waals surface area contributed by atoms with Crippen LogP contribution in [0, 0.1) is 0 Å². The molecule has 0 spiro atoms. The molecule has 0 atom stereocenters. The summed E-state index contributed by atoms with van der Waals surface area (Å²) in [5, 5.41) is 8.66. The number of carbonyl (C=O) groups is 2. The number of benzene rings is 1. The van der Waals surface area contributed by atoms with Gasteiger partial charge in [0, 0.05) is 12.8 Å². The molecule has 1 aromatic rings. The number of para-hydroxylation sites is 1. The number of aliphatic carboxylic acids is 1. The Morgan fingerprint density at radius 1 is 0.315 bits per heavy atom. The quantitative estimate of drug-likeness (QED) is 0.0409. The predicted octanol–water partition coefficient (Wildman–Crippen LogP) is 17.1. The molecule has 0 saturated heterocycles. The van der Waals surface area contributed by atoms with Crippen LogP contribution < -0.4 is 4.74 Å². The van der Waals surface area contributed by atoms with Crippen molar-refractivity contribution in [2.45, 2.75) is 270 Å². The minimum Gasteiger partial charge on any atom is -0.481 e. The molecule has 4 nitrogen and oxygen atoms in total. The van der Waals surface area contributed by atoms with E-state index in [-0.39, 0.29) is 5.97 Å². The van der Waals surface area contributed by atoms with Crippen molar-refractivity contribution >= 4 is 11.9 Å². The molecular weight excluding hydrogens is 665 g/mol. The summed E-state index contributed by atoms with van der Waals surface area (Å²) in [5.74, 6) is -0.102. The molecule has 0 bridgehead atoms. The van der Waals surface area contributed by atoms with Crippen molar-refractivity contribution in [1.29, 1.82) is 0 Å². The number of carbonyl (C=O) groups excluding carboxylic acids is 1. The number of unbranched alkanes of at least 4 members (excludes halogenated alkanes) is 39. The first kappa shape index (κ1) is 50.2. The lowest BCUT2D eigenvalue weighted by Gasteiger charge is -2.05. The topological polar surface area (TPSA) is 63.6 Å². The minimum atomic E-state index is -0.651. The van der Waals surface area contributed by atoms with Gasteiger partial charge in [0.1, 0.15) is 5.75 Å². The Morgan fingerprint density at radius 3 is 0.741 bits per heavy atom. The van der Waals surface area contributed by atoms with E-state index in [1.54, 1.807) is 0 Å². The molecule has 0 aliphatic rings. The Kier molecular flexibility index (Phi) is 39.3. The van der Waals surface area contributed by atoms with Gasteiger partial charge >= 0.3 is 11.9 Å². The third kappa shape index (κ3) is 39.8. The maximum Gasteiger partial charge on any atom is 0.311 e. The Morgan fingerprint density at radius 2 is 0.519 bits per heavy atom. The van der Waals surface area contributed by atoms with Crippen LogP contribution in [0.15, 0.2) is 30.3 Å². The van der Waals surface area contributed by atoms with E-state index in [1.165, 1.54) is 231 Å². The van der Waals surface area contributed by atoms with Gasteiger partial charge in [0.05, 0.1) is 0 Å². The van der Waals surface area contributed by atoms with Gasteiger partial charge in [0.2, 0.25) is 0 Å². The third-order valence-corrected chi connectivity index (χ3v) is 11.5. The zero-order chi connectivity index (χ0) is 38.7. The van der Waals surface area contributed by atoms with Crippen LogP contribution in [0.4, 0.5) is 0 Å². The SMILES string of the molecule is O=C(O)CCCCCCCCCCCCCCCCCCCCCCCCCCCCCCCCCCCCCCCCCCC(=O)Oc1ccccc1. The molecule has 0 saturated carbocycles. The summed E-state index contributed by atoms with van der Waals surface area (Å²) >= 11 is 0. The van der Waals surface area contributed by atoms with E-state index < -0.39 is 5.97 Å². The number of esters is 1. The van der Waals surface area contributed by atoms with Gasteiger partial charge in [0.25, 0.3) is 0 Å². The van der Waals surface area contributed by atoms with Crippen molar-refractivity contribution in [2.75, 3.05) is 0 Å². The minimum absolute atomic E-state index is 0.104. The average Bonchev–Trinajstić information content (AvgIpc) is 3.17. The largest absolute Gasteiger partial charge is 0.481 e. The monoisotopic (exact) mass is 755 g/mol. The Bertz CT molecular complexity index is 899. The van der Waals surface area contributed by atoms with E-state index in [9.17, 15) is 9.59 Å². The Balaban J connectivity index is 1.62. The highest BCUT2D eigenvalue weighted by Crippen LogP contribution is 2.18. The summed E-state index contributed by atoms with van der Waals surface area (Å²) < 4.78 is 5.35. The third-order valence-electron chi connectivity index (χ3n) is 11.5. The molecule has 0 heterocycles. The molecule has 1 N–H and O–H groups in total. The van der Waals surface area contributed by atoms with Gasteiger partial charge in [0.15, 0.2) is 0 Å². The van der Waals surface area contributed by atoms with Crippen LogP contribution in [-0.4, -0.2) is 17.0 Å². The van der Waals surface area contributed by atoms with Gasteiger partial charge in [-0.25, -0.2) is 0 Å². The fourth-order valence-electron chi connectivity index (χ4n) is 7.93. The van der Waals surface area contributed by atoms with Gasteiger partial charge in [-0.05, 0) is 25.0 Å². The number of rotatable bonds is 44. The van der Waals surface area contributed by atoms with Crippen molar-refractivity contribution in [3.8, 4) is 5.75 Å². The molecule has 0 amide bonds. The summed E-state index contributed by atoms with van der Waals surface area (Å²) in [6.07, 6.45) is 55.8. The zero-order valence-corrected chi connectivity index (χ0v) is 35.8. The molecule has 0 fully saturated rings. The first-order valence-corrected chi connectivity index (χ1v) is 24.2. The fourth-order valence-corrected chi connectivity index (χ4v) is 7.93. The molecule has 1 aromatic carbocycles. The Hall–Kier alpha value is -1.84. The van der Waals surface area contributed by atoms with Crippen molar-refractivity contribution in [3.63, 3.8) is 0 Å². The number of carboxylic acid groups (broad SMARTS) is 1. The summed E-state index contributed by atoms with van der Waals surface area (Å²) in [6, 6.07) is 9.39. The normalized spacial score (nSPS) is 11.3. The standard InChI is InChI=1S/C50H90O4/c51-49(52)46-42-37-35-33-31-29-27-25-23-21-19-17-15-13-11-9-7-5-3-1-2-4-6-8-10-12-14-16-18-20-22-24-26-28-30-32-34-36-38-43-47-50(53)54-48-44-40-39-41-45-48/h39-41,44-45H,1-38,42-43,46-47H2,(H,51,52). The van der Waals surface area contributed by atoms with Crippen LogP contribution in [0.3, 0.4) is 0 Å². The van der Waals surface area contributed by atoms with E-state index in [4.69, 9.17) is 9.84 Å². The van der Waals surface area contributed by atoms with E-state index >= 15 is 0 Å². The summed E-state index contributed by atoms with van der Waals surface area (Å²) in [7, 11) is 0. The number of carboxylic acids is 1. The van der Waals surface area contributed by atoms with E-state index in [1.807, 2.05) is 30.3 Å². The molecule has 0 radical (unpaired) electrons. The molecule has 0 unspecified atom stereocenters. The maximum absolute atomic E-state index is 11.9. The molecule has 54 heavy (non-hydrogen) atoms. The van der Waals surface area contributed by atoms with Crippen molar-refractivity contribution in [3.05, 3.63) is 30.3 Å². The fraction of sp³-hybridized carbons (Fsp3) is 0.840. The molecule has 4 heteroatoms. The van der Waals surface area contributed by atoms with Gasteiger partial charge < -0.3 is 9.84 Å². The molecule has 0 aliphatic carbocycles. The van der Waals surface area contributed by atoms with Crippen LogP contribution in [0.1, 0.15) is 270 Å². The van der Waals surface area contributed by atoms with Crippen LogP contribution >= 0.6 is 0 Å². The lowest BCUT2D eigenvalue weighted by molar-refractivity contribution is -0.137. The molecule has 1 rings (SSSR count). The highest BCUT2D eigenvalue weighted by molar-refractivity contribution is 5.72.